The standard InChI is InChI=1S/C20H27N3O2S.HI/c1-4-21-19(22-12-15-7-10-26-13-15)23-14-20(2,3)16-5-6-17-18(11-16)25-9-8-24-17;/h5-7,10-11,13H,4,8-9,12,14H2,1-3H3,(H2,21,22,23);1H. The molecule has 1 aromatic carbocycles. The van der Waals surface area contributed by atoms with Gasteiger partial charge < -0.3 is 20.1 Å². The Morgan fingerprint density at radius 1 is 1.15 bits per heavy atom. The van der Waals surface area contributed by atoms with Crippen molar-refractivity contribution in [3.05, 3.63) is 46.2 Å². The van der Waals surface area contributed by atoms with Gasteiger partial charge in [-0.1, -0.05) is 19.9 Å². The Morgan fingerprint density at radius 2 is 1.93 bits per heavy atom. The minimum atomic E-state index is -0.0750. The summed E-state index contributed by atoms with van der Waals surface area (Å²) in [5.74, 6) is 2.50. The number of thiophene rings is 1. The van der Waals surface area contributed by atoms with E-state index in [0.29, 0.717) is 19.8 Å². The van der Waals surface area contributed by atoms with E-state index >= 15 is 0 Å². The van der Waals surface area contributed by atoms with Crippen LogP contribution in [0.2, 0.25) is 0 Å². The molecule has 0 aliphatic carbocycles. The average Bonchev–Trinajstić information content (AvgIpc) is 3.17. The molecule has 0 amide bonds. The molecule has 2 aromatic rings. The first-order valence-corrected chi connectivity index (χ1v) is 9.96. The number of rotatable bonds is 6. The van der Waals surface area contributed by atoms with Gasteiger partial charge in [-0.05, 0) is 47.0 Å². The van der Waals surface area contributed by atoms with Crippen molar-refractivity contribution in [3.63, 3.8) is 0 Å². The van der Waals surface area contributed by atoms with Crippen molar-refractivity contribution < 1.29 is 9.47 Å². The summed E-state index contributed by atoms with van der Waals surface area (Å²) >= 11 is 1.70. The fraction of sp³-hybridized carbons (Fsp3) is 0.450. The van der Waals surface area contributed by atoms with E-state index in [4.69, 9.17) is 9.47 Å². The molecule has 27 heavy (non-hydrogen) atoms. The van der Waals surface area contributed by atoms with E-state index in [9.17, 15) is 0 Å². The van der Waals surface area contributed by atoms with Crippen LogP contribution in [0.15, 0.2) is 40.0 Å². The van der Waals surface area contributed by atoms with Crippen LogP contribution < -0.4 is 20.1 Å². The van der Waals surface area contributed by atoms with Gasteiger partial charge in [0.05, 0.1) is 6.54 Å². The number of halogens is 1. The number of ether oxygens (including phenoxy) is 2. The SMILES string of the molecule is CCNC(=NCc1ccsc1)NCC(C)(C)c1ccc2c(c1)OCCO2.I. The summed E-state index contributed by atoms with van der Waals surface area (Å²) in [6, 6.07) is 8.31. The highest BCUT2D eigenvalue weighted by molar-refractivity contribution is 14.0. The molecule has 0 unspecified atom stereocenters. The molecule has 148 valence electrons. The van der Waals surface area contributed by atoms with Crippen LogP contribution in [0.25, 0.3) is 0 Å². The van der Waals surface area contributed by atoms with E-state index < -0.39 is 0 Å². The molecule has 1 aromatic heterocycles. The zero-order chi connectivity index (χ0) is 18.4. The van der Waals surface area contributed by atoms with Gasteiger partial charge in [0.15, 0.2) is 17.5 Å². The number of hydrogen-bond donors (Lipinski definition) is 2. The van der Waals surface area contributed by atoms with Crippen LogP contribution in [0.1, 0.15) is 31.9 Å². The molecule has 1 aliphatic heterocycles. The minimum Gasteiger partial charge on any atom is -0.486 e. The maximum absolute atomic E-state index is 5.72. The first-order valence-electron chi connectivity index (χ1n) is 9.02. The Bertz CT molecular complexity index is 748. The van der Waals surface area contributed by atoms with Crippen molar-refractivity contribution in [2.75, 3.05) is 26.3 Å². The Balaban J connectivity index is 0.00000261. The maximum Gasteiger partial charge on any atom is 0.191 e. The zero-order valence-electron chi connectivity index (χ0n) is 16.1. The van der Waals surface area contributed by atoms with Crippen LogP contribution >= 0.6 is 35.3 Å². The van der Waals surface area contributed by atoms with Crippen molar-refractivity contribution in [2.24, 2.45) is 4.99 Å². The third-order valence-electron chi connectivity index (χ3n) is 4.37. The van der Waals surface area contributed by atoms with Gasteiger partial charge in [-0.3, -0.25) is 0 Å². The van der Waals surface area contributed by atoms with Crippen molar-refractivity contribution in [3.8, 4) is 11.5 Å². The number of hydrogen-bond acceptors (Lipinski definition) is 4. The molecular weight excluding hydrogens is 473 g/mol. The van der Waals surface area contributed by atoms with E-state index in [1.807, 2.05) is 6.07 Å². The number of guanidine groups is 1. The lowest BCUT2D eigenvalue weighted by Gasteiger charge is -2.28. The Labute approximate surface area is 182 Å². The third kappa shape index (κ3) is 6.00. The van der Waals surface area contributed by atoms with Gasteiger partial charge in [0.1, 0.15) is 13.2 Å². The maximum atomic E-state index is 5.72. The van der Waals surface area contributed by atoms with Crippen LogP contribution in [0.5, 0.6) is 11.5 Å². The summed E-state index contributed by atoms with van der Waals surface area (Å²) in [5.41, 5.74) is 2.37. The lowest BCUT2D eigenvalue weighted by atomic mass is 9.84. The molecule has 2 N–H and O–H groups in total. The Morgan fingerprint density at radius 3 is 2.63 bits per heavy atom. The van der Waals surface area contributed by atoms with E-state index in [1.54, 1.807) is 11.3 Å². The second-order valence-electron chi connectivity index (χ2n) is 6.92. The Kier molecular flexibility index (Phi) is 8.22. The molecule has 0 saturated carbocycles. The highest BCUT2D eigenvalue weighted by Crippen LogP contribution is 2.34. The predicted octanol–water partition coefficient (Wildman–Crippen LogP) is 4.17. The lowest BCUT2D eigenvalue weighted by Crippen LogP contribution is -2.43. The molecule has 3 rings (SSSR count). The number of aliphatic imine (C=N–C) groups is 1. The van der Waals surface area contributed by atoms with Gasteiger partial charge in [-0.25, -0.2) is 4.99 Å². The highest BCUT2D eigenvalue weighted by atomic mass is 127. The monoisotopic (exact) mass is 501 g/mol. The Hall–Kier alpha value is -1.48. The highest BCUT2D eigenvalue weighted by Gasteiger charge is 2.23. The first-order chi connectivity index (χ1) is 12.6. The summed E-state index contributed by atoms with van der Waals surface area (Å²) in [6.07, 6.45) is 0. The van der Waals surface area contributed by atoms with Gasteiger partial charge in [0.25, 0.3) is 0 Å². The third-order valence-corrected chi connectivity index (χ3v) is 5.10. The van der Waals surface area contributed by atoms with Gasteiger partial charge in [0, 0.05) is 18.5 Å². The van der Waals surface area contributed by atoms with E-state index in [-0.39, 0.29) is 29.4 Å². The fourth-order valence-electron chi connectivity index (χ4n) is 2.77. The second kappa shape index (κ2) is 10.2. The molecule has 0 fully saturated rings. The van der Waals surface area contributed by atoms with Crippen LogP contribution in [0.4, 0.5) is 0 Å². The van der Waals surface area contributed by atoms with Crippen molar-refractivity contribution in [1.82, 2.24) is 10.6 Å². The van der Waals surface area contributed by atoms with E-state index in [0.717, 1.165) is 30.5 Å². The van der Waals surface area contributed by atoms with Gasteiger partial charge >= 0.3 is 0 Å². The quantitative estimate of drug-likeness (QED) is 0.355. The average molecular weight is 501 g/mol. The summed E-state index contributed by atoms with van der Waals surface area (Å²) in [5, 5.41) is 11.0. The summed E-state index contributed by atoms with van der Waals surface area (Å²) in [7, 11) is 0. The molecule has 0 spiro atoms. The van der Waals surface area contributed by atoms with Gasteiger partial charge in [-0.2, -0.15) is 11.3 Å². The van der Waals surface area contributed by atoms with Crippen LogP contribution in [-0.2, 0) is 12.0 Å². The van der Waals surface area contributed by atoms with Crippen LogP contribution in [0.3, 0.4) is 0 Å². The van der Waals surface area contributed by atoms with Crippen molar-refractivity contribution >= 4 is 41.3 Å². The van der Waals surface area contributed by atoms with Crippen LogP contribution in [-0.4, -0.2) is 32.3 Å². The molecule has 7 heteroatoms. The molecule has 0 radical (unpaired) electrons. The largest absolute Gasteiger partial charge is 0.486 e. The molecular formula is C20H28IN3O2S. The summed E-state index contributed by atoms with van der Waals surface area (Å²) < 4.78 is 11.3. The minimum absolute atomic E-state index is 0. The molecule has 2 heterocycles. The first kappa shape index (κ1) is 21.8. The summed E-state index contributed by atoms with van der Waals surface area (Å²) in [6.45, 7) is 10.0. The predicted molar refractivity (Wildman–Crippen MR) is 123 cm³/mol. The normalized spacial score (nSPS) is 13.7. The topological polar surface area (TPSA) is 54.9 Å². The van der Waals surface area contributed by atoms with Gasteiger partial charge in [0.2, 0.25) is 0 Å². The van der Waals surface area contributed by atoms with Gasteiger partial charge in [-0.15, -0.1) is 24.0 Å². The molecule has 0 saturated heterocycles. The smallest absolute Gasteiger partial charge is 0.191 e. The number of fused-ring (bicyclic) bond motifs is 1. The molecule has 1 aliphatic rings. The van der Waals surface area contributed by atoms with Crippen LogP contribution in [0, 0.1) is 0 Å². The van der Waals surface area contributed by atoms with Crippen molar-refractivity contribution in [1.29, 1.82) is 0 Å². The number of nitrogens with zero attached hydrogens (tertiary/aromatic N) is 1. The van der Waals surface area contributed by atoms with E-state index in [2.05, 4.69) is 65.4 Å². The zero-order valence-corrected chi connectivity index (χ0v) is 19.2. The molecule has 5 nitrogen and oxygen atoms in total. The number of nitrogens with one attached hydrogen (secondary N) is 2. The van der Waals surface area contributed by atoms with E-state index in [1.165, 1.54) is 11.1 Å². The lowest BCUT2D eigenvalue weighted by molar-refractivity contribution is 0.171. The molecule has 0 bridgehead atoms. The number of benzene rings is 1. The molecule has 0 atom stereocenters. The second-order valence-corrected chi connectivity index (χ2v) is 7.70. The fourth-order valence-corrected chi connectivity index (χ4v) is 3.43. The summed E-state index contributed by atoms with van der Waals surface area (Å²) in [4.78, 5) is 4.68. The van der Waals surface area contributed by atoms with Crippen molar-refractivity contribution in [2.45, 2.75) is 32.7 Å².